The Kier molecular flexibility index (Phi) is 6.87. The summed E-state index contributed by atoms with van der Waals surface area (Å²) < 4.78 is 1.71. The molecule has 0 bridgehead atoms. The zero-order chi connectivity index (χ0) is 20.8. The zero-order valence-electron chi connectivity index (χ0n) is 17.8. The first-order chi connectivity index (χ1) is 14.0. The molecule has 3 rings (SSSR count). The molecule has 1 N–H and O–H groups in total. The number of amides is 1. The van der Waals surface area contributed by atoms with Crippen LogP contribution in [-0.2, 0) is 24.9 Å². The van der Waals surface area contributed by atoms with E-state index in [2.05, 4.69) is 58.5 Å². The van der Waals surface area contributed by atoms with Crippen LogP contribution in [0.5, 0.6) is 0 Å². The summed E-state index contributed by atoms with van der Waals surface area (Å²) in [5.41, 5.74) is 3.34. The third kappa shape index (κ3) is 5.35. The lowest BCUT2D eigenvalue weighted by molar-refractivity contribution is -0.120. The average molecular weight is 398 g/mol. The summed E-state index contributed by atoms with van der Waals surface area (Å²) in [7, 11) is 5.73. The molecule has 0 atom stereocenters. The van der Waals surface area contributed by atoms with Gasteiger partial charge in [0.2, 0.25) is 5.91 Å². The minimum absolute atomic E-state index is 0.0526. The van der Waals surface area contributed by atoms with Gasteiger partial charge >= 0.3 is 0 Å². The molecule has 1 aliphatic rings. The number of anilines is 1. The molecule has 1 fully saturated rings. The van der Waals surface area contributed by atoms with Gasteiger partial charge in [-0.1, -0.05) is 31.2 Å². The molecule has 8 heteroatoms. The number of rotatable bonds is 6. The summed E-state index contributed by atoms with van der Waals surface area (Å²) in [5, 5.41) is 7.56. The van der Waals surface area contributed by atoms with Crippen LogP contribution in [0.15, 0.2) is 41.7 Å². The number of piperazine rings is 1. The highest BCUT2D eigenvalue weighted by Crippen LogP contribution is 2.16. The Morgan fingerprint density at radius 1 is 1.31 bits per heavy atom. The molecule has 1 amide bonds. The van der Waals surface area contributed by atoms with Gasteiger partial charge in [0, 0.05) is 46.5 Å². The van der Waals surface area contributed by atoms with E-state index in [1.807, 2.05) is 18.1 Å². The Morgan fingerprint density at radius 3 is 2.76 bits per heavy atom. The first kappa shape index (κ1) is 20.9. The van der Waals surface area contributed by atoms with Crippen molar-refractivity contribution >= 4 is 17.6 Å². The lowest BCUT2D eigenvalue weighted by Gasteiger charge is -2.35. The summed E-state index contributed by atoms with van der Waals surface area (Å²) in [6.07, 6.45) is 3.59. The molecule has 0 aliphatic carbocycles. The Labute approximate surface area is 172 Å². The van der Waals surface area contributed by atoms with Crippen LogP contribution in [0.1, 0.15) is 18.1 Å². The quantitative estimate of drug-likeness (QED) is 0.588. The lowest BCUT2D eigenvalue weighted by Crippen LogP contribution is -2.55. The lowest BCUT2D eigenvalue weighted by atomic mass is 10.1. The molecular formula is C21H31N7O. The fourth-order valence-corrected chi connectivity index (χ4v) is 3.45. The monoisotopic (exact) mass is 397 g/mol. The summed E-state index contributed by atoms with van der Waals surface area (Å²) in [6, 6.07) is 8.58. The molecule has 2 aromatic rings. The molecule has 1 aromatic heterocycles. The van der Waals surface area contributed by atoms with Gasteiger partial charge in [0.15, 0.2) is 5.96 Å². The largest absolute Gasteiger partial charge is 0.352 e. The smallest absolute Gasteiger partial charge is 0.246 e. The Balaban J connectivity index is 1.57. The van der Waals surface area contributed by atoms with Crippen molar-refractivity contribution in [1.29, 1.82) is 0 Å². The minimum Gasteiger partial charge on any atom is -0.352 e. The highest BCUT2D eigenvalue weighted by Gasteiger charge is 2.27. The van der Waals surface area contributed by atoms with Crippen molar-refractivity contribution in [2.24, 2.45) is 12.0 Å². The van der Waals surface area contributed by atoms with Crippen molar-refractivity contribution in [2.75, 3.05) is 45.2 Å². The number of nitrogens with one attached hydrogen (secondary N) is 1. The van der Waals surface area contributed by atoms with E-state index in [4.69, 9.17) is 0 Å². The van der Waals surface area contributed by atoms with Gasteiger partial charge in [-0.3, -0.25) is 14.5 Å². The van der Waals surface area contributed by atoms with E-state index in [1.54, 1.807) is 22.8 Å². The van der Waals surface area contributed by atoms with Crippen molar-refractivity contribution in [2.45, 2.75) is 20.0 Å². The van der Waals surface area contributed by atoms with E-state index < -0.39 is 0 Å². The van der Waals surface area contributed by atoms with Crippen molar-refractivity contribution < 1.29 is 4.79 Å². The number of nitrogens with zero attached hydrogens (tertiary/aromatic N) is 6. The number of carbonyl (C=O) groups excluding carboxylic acids is 1. The van der Waals surface area contributed by atoms with Crippen molar-refractivity contribution in [3.05, 3.63) is 47.8 Å². The number of hydrogen-bond donors (Lipinski definition) is 1. The van der Waals surface area contributed by atoms with Gasteiger partial charge in [0.05, 0.1) is 11.9 Å². The van der Waals surface area contributed by atoms with Crippen LogP contribution in [0.4, 0.5) is 5.69 Å². The van der Waals surface area contributed by atoms with E-state index in [0.29, 0.717) is 19.6 Å². The van der Waals surface area contributed by atoms with E-state index in [1.165, 1.54) is 11.1 Å². The van der Waals surface area contributed by atoms with Gasteiger partial charge in [-0.05, 0) is 24.7 Å². The van der Waals surface area contributed by atoms with Crippen LogP contribution < -0.4 is 10.2 Å². The summed E-state index contributed by atoms with van der Waals surface area (Å²) in [6.45, 7) is 6.43. The highest BCUT2D eigenvalue weighted by atomic mass is 16.2. The van der Waals surface area contributed by atoms with Crippen molar-refractivity contribution in [1.82, 2.24) is 24.9 Å². The van der Waals surface area contributed by atoms with Gasteiger partial charge in [0.25, 0.3) is 0 Å². The third-order valence-corrected chi connectivity index (χ3v) is 5.17. The van der Waals surface area contributed by atoms with Crippen LogP contribution in [0, 0.1) is 0 Å². The number of guanidine groups is 1. The molecule has 1 aromatic carbocycles. The second-order valence-electron chi connectivity index (χ2n) is 7.39. The van der Waals surface area contributed by atoms with Crippen LogP contribution >= 0.6 is 0 Å². The second-order valence-corrected chi connectivity index (χ2v) is 7.39. The van der Waals surface area contributed by atoms with Crippen LogP contribution in [0.25, 0.3) is 0 Å². The number of hydrogen-bond acceptors (Lipinski definition) is 4. The number of aromatic nitrogens is 2. The van der Waals surface area contributed by atoms with Gasteiger partial charge in [-0.2, -0.15) is 5.10 Å². The predicted octanol–water partition coefficient (Wildman–Crippen LogP) is 1.30. The van der Waals surface area contributed by atoms with Gasteiger partial charge in [-0.25, -0.2) is 0 Å². The predicted molar refractivity (Wildman–Crippen MR) is 116 cm³/mol. The molecule has 156 valence electrons. The maximum absolute atomic E-state index is 12.6. The molecule has 0 saturated carbocycles. The fourth-order valence-electron chi connectivity index (χ4n) is 3.45. The summed E-state index contributed by atoms with van der Waals surface area (Å²) >= 11 is 0. The van der Waals surface area contributed by atoms with E-state index >= 15 is 0 Å². The van der Waals surface area contributed by atoms with E-state index in [0.717, 1.165) is 31.3 Å². The summed E-state index contributed by atoms with van der Waals surface area (Å²) in [4.78, 5) is 23.1. The average Bonchev–Trinajstić information content (AvgIpc) is 3.14. The normalized spacial score (nSPS) is 15.3. The van der Waals surface area contributed by atoms with Gasteiger partial charge < -0.3 is 20.0 Å². The Bertz CT molecular complexity index is 860. The van der Waals surface area contributed by atoms with Gasteiger partial charge in [-0.15, -0.1) is 0 Å². The molecule has 8 nitrogen and oxygen atoms in total. The maximum atomic E-state index is 12.6. The van der Waals surface area contributed by atoms with E-state index in [9.17, 15) is 4.79 Å². The first-order valence-corrected chi connectivity index (χ1v) is 10.0. The van der Waals surface area contributed by atoms with Gasteiger partial charge in [0.1, 0.15) is 6.54 Å². The molecule has 0 unspecified atom stereocenters. The number of aliphatic imine (C=N–C) groups is 1. The molecule has 1 saturated heterocycles. The third-order valence-electron chi connectivity index (χ3n) is 5.17. The van der Waals surface area contributed by atoms with Crippen LogP contribution in [0.3, 0.4) is 0 Å². The zero-order valence-corrected chi connectivity index (χ0v) is 17.8. The molecule has 1 aliphatic heterocycles. The molecule has 0 spiro atoms. The molecule has 0 radical (unpaired) electrons. The topological polar surface area (TPSA) is 69.0 Å². The van der Waals surface area contributed by atoms with Crippen molar-refractivity contribution in [3.63, 3.8) is 0 Å². The number of aryl methyl sites for hydroxylation is 1. The second kappa shape index (κ2) is 9.56. The SMILES string of the molecule is CCN(C)Cc1cccc(CNC(=NC)N2CCN(c3cnn(C)c3)C(=O)C2)c1. The highest BCUT2D eigenvalue weighted by molar-refractivity contribution is 5.98. The molecule has 29 heavy (non-hydrogen) atoms. The first-order valence-electron chi connectivity index (χ1n) is 10.0. The fraction of sp³-hybridized carbons (Fsp3) is 0.476. The van der Waals surface area contributed by atoms with Crippen LogP contribution in [-0.4, -0.2) is 71.7 Å². The minimum atomic E-state index is 0.0526. The molecular weight excluding hydrogens is 366 g/mol. The summed E-state index contributed by atoms with van der Waals surface area (Å²) in [5.74, 6) is 0.803. The van der Waals surface area contributed by atoms with Crippen molar-refractivity contribution in [3.8, 4) is 0 Å². The molecule has 2 heterocycles. The van der Waals surface area contributed by atoms with E-state index in [-0.39, 0.29) is 5.91 Å². The van der Waals surface area contributed by atoms with Crippen LogP contribution in [0.2, 0.25) is 0 Å². The maximum Gasteiger partial charge on any atom is 0.246 e. The number of benzene rings is 1. The number of carbonyl (C=O) groups is 1. The standard InChI is InChI=1S/C21H31N7O/c1-5-25(3)14-18-8-6-7-17(11-18)12-23-21(22-2)27-9-10-28(20(29)16-27)19-13-24-26(4)15-19/h6-8,11,13,15H,5,9-10,12,14,16H2,1-4H3,(H,22,23). The Morgan fingerprint density at radius 2 is 2.10 bits per heavy atom. The Hall–Kier alpha value is -2.87.